The maximum atomic E-state index is 13.2. The molecule has 2 aromatic rings. The number of halogens is 3. The third-order valence-corrected chi connectivity index (χ3v) is 2.98. The molecule has 0 atom stereocenters. The van der Waals surface area contributed by atoms with Crippen molar-refractivity contribution in [2.45, 2.75) is 25.6 Å². The zero-order chi connectivity index (χ0) is 11.9. The number of fused-ring (bicyclic) bond motifs is 1. The number of imidazole rings is 1. The van der Waals surface area contributed by atoms with Crippen molar-refractivity contribution < 1.29 is 4.39 Å². The Bertz CT molecular complexity index is 534. The van der Waals surface area contributed by atoms with Crippen molar-refractivity contribution in [1.29, 1.82) is 0 Å². The third-order valence-electron chi connectivity index (χ3n) is 2.45. The van der Waals surface area contributed by atoms with Gasteiger partial charge in [-0.15, -0.1) is 11.6 Å². The van der Waals surface area contributed by atoms with Gasteiger partial charge in [0.2, 0.25) is 0 Å². The van der Waals surface area contributed by atoms with Crippen LogP contribution in [0.1, 0.15) is 31.2 Å². The van der Waals surface area contributed by atoms with Gasteiger partial charge < -0.3 is 0 Å². The predicted molar refractivity (Wildman–Crippen MR) is 63.8 cm³/mol. The van der Waals surface area contributed by atoms with Crippen molar-refractivity contribution in [3.05, 3.63) is 34.5 Å². The average molecular weight is 261 g/mol. The molecule has 0 aliphatic rings. The molecule has 0 spiro atoms. The fraction of sp³-hybridized carbons (Fsp3) is 0.364. The highest BCUT2D eigenvalue weighted by molar-refractivity contribution is 6.33. The largest absolute Gasteiger partial charge is 0.298 e. The fourth-order valence-corrected chi connectivity index (χ4v) is 2.24. The molecule has 0 saturated carbocycles. The van der Waals surface area contributed by atoms with Crippen LogP contribution >= 0.6 is 23.2 Å². The van der Waals surface area contributed by atoms with E-state index in [0.717, 1.165) is 11.4 Å². The smallest absolute Gasteiger partial charge is 0.156 e. The number of alkyl halides is 1. The van der Waals surface area contributed by atoms with E-state index in [1.165, 1.54) is 12.3 Å². The summed E-state index contributed by atoms with van der Waals surface area (Å²) in [5, 5.41) is 0.304. The molecule has 2 heterocycles. The van der Waals surface area contributed by atoms with Gasteiger partial charge in [0.05, 0.1) is 22.3 Å². The van der Waals surface area contributed by atoms with Crippen molar-refractivity contribution in [1.82, 2.24) is 9.38 Å². The Kier molecular flexibility index (Phi) is 3.08. The Labute approximate surface area is 103 Å². The standard InChI is InChI=1S/C11H11Cl2FN2/c1-6(2)10-9(4-12)16-5-7(14)3-8(13)11(16)15-10/h3,5-6H,4H2,1-2H3. The summed E-state index contributed by atoms with van der Waals surface area (Å²) in [5.41, 5.74) is 2.22. The molecule has 0 saturated heterocycles. The van der Waals surface area contributed by atoms with Crippen molar-refractivity contribution in [3.8, 4) is 0 Å². The summed E-state index contributed by atoms with van der Waals surface area (Å²) in [7, 11) is 0. The highest BCUT2D eigenvalue weighted by Gasteiger charge is 2.16. The van der Waals surface area contributed by atoms with E-state index < -0.39 is 5.82 Å². The van der Waals surface area contributed by atoms with Gasteiger partial charge in [-0.1, -0.05) is 25.4 Å². The molecule has 16 heavy (non-hydrogen) atoms. The Hall–Kier alpha value is -0.800. The molecule has 0 N–H and O–H groups in total. The normalized spacial score (nSPS) is 11.6. The molecule has 0 fully saturated rings. The van der Waals surface area contributed by atoms with Crippen LogP contribution in [0.4, 0.5) is 4.39 Å². The van der Waals surface area contributed by atoms with Gasteiger partial charge in [0, 0.05) is 6.20 Å². The van der Waals surface area contributed by atoms with Gasteiger partial charge in [-0.2, -0.15) is 0 Å². The molecule has 0 amide bonds. The lowest BCUT2D eigenvalue weighted by Crippen LogP contribution is -1.96. The maximum absolute atomic E-state index is 13.2. The predicted octanol–water partition coefficient (Wildman–Crippen LogP) is 3.99. The summed E-state index contributed by atoms with van der Waals surface area (Å²) >= 11 is 11.8. The van der Waals surface area contributed by atoms with E-state index in [-0.39, 0.29) is 11.8 Å². The molecular weight excluding hydrogens is 250 g/mol. The lowest BCUT2D eigenvalue weighted by molar-refractivity contribution is 0.618. The SMILES string of the molecule is CC(C)c1nc2c(Cl)cc(F)cn2c1CCl. The Morgan fingerprint density at radius 1 is 1.50 bits per heavy atom. The molecule has 0 unspecified atom stereocenters. The second kappa shape index (κ2) is 4.22. The molecule has 0 aliphatic heterocycles. The van der Waals surface area contributed by atoms with Gasteiger partial charge in [0.25, 0.3) is 0 Å². The summed E-state index contributed by atoms with van der Waals surface area (Å²) < 4.78 is 14.9. The summed E-state index contributed by atoms with van der Waals surface area (Å²) in [5.74, 6) is 0.124. The van der Waals surface area contributed by atoms with Crippen LogP contribution in [0.25, 0.3) is 5.65 Å². The van der Waals surface area contributed by atoms with E-state index in [0.29, 0.717) is 10.7 Å². The van der Waals surface area contributed by atoms with Gasteiger partial charge in [0.15, 0.2) is 5.65 Å². The Morgan fingerprint density at radius 2 is 2.19 bits per heavy atom. The first-order valence-corrected chi connectivity index (χ1v) is 5.87. The molecule has 86 valence electrons. The molecule has 2 nitrogen and oxygen atoms in total. The number of nitrogens with zero attached hydrogens (tertiary/aromatic N) is 2. The number of rotatable bonds is 2. The van der Waals surface area contributed by atoms with E-state index in [2.05, 4.69) is 4.98 Å². The molecule has 0 aliphatic carbocycles. The highest BCUT2D eigenvalue weighted by Crippen LogP contribution is 2.26. The van der Waals surface area contributed by atoms with E-state index in [1.54, 1.807) is 4.40 Å². The van der Waals surface area contributed by atoms with Crippen molar-refractivity contribution in [3.63, 3.8) is 0 Å². The third kappa shape index (κ3) is 1.78. The zero-order valence-corrected chi connectivity index (χ0v) is 10.5. The Morgan fingerprint density at radius 3 is 2.75 bits per heavy atom. The second-order valence-corrected chi connectivity index (χ2v) is 4.61. The van der Waals surface area contributed by atoms with Crippen LogP contribution in [-0.2, 0) is 5.88 Å². The summed E-state index contributed by atoms with van der Waals surface area (Å²) in [4.78, 5) is 4.40. The number of pyridine rings is 1. The van der Waals surface area contributed by atoms with Gasteiger partial charge in [0.1, 0.15) is 5.82 Å². The number of hydrogen-bond donors (Lipinski definition) is 0. The minimum absolute atomic E-state index is 0.229. The fourth-order valence-electron chi connectivity index (χ4n) is 1.73. The van der Waals surface area contributed by atoms with Gasteiger partial charge >= 0.3 is 0 Å². The van der Waals surface area contributed by atoms with E-state index >= 15 is 0 Å². The summed E-state index contributed by atoms with van der Waals surface area (Å²) in [6.07, 6.45) is 1.36. The lowest BCUT2D eigenvalue weighted by Gasteiger charge is -2.03. The van der Waals surface area contributed by atoms with E-state index in [9.17, 15) is 4.39 Å². The number of aromatic nitrogens is 2. The molecule has 2 rings (SSSR count). The lowest BCUT2D eigenvalue weighted by atomic mass is 10.1. The second-order valence-electron chi connectivity index (χ2n) is 3.93. The molecule has 0 aromatic carbocycles. The first-order valence-electron chi connectivity index (χ1n) is 4.96. The minimum atomic E-state index is -0.392. The quantitative estimate of drug-likeness (QED) is 0.747. The summed E-state index contributed by atoms with van der Waals surface area (Å²) in [6.45, 7) is 4.03. The average Bonchev–Trinajstić information content (AvgIpc) is 2.56. The van der Waals surface area contributed by atoms with Crippen LogP contribution in [-0.4, -0.2) is 9.38 Å². The van der Waals surface area contributed by atoms with Gasteiger partial charge in [-0.05, 0) is 12.0 Å². The Balaban J connectivity index is 2.82. The van der Waals surface area contributed by atoms with Crippen molar-refractivity contribution >= 4 is 28.8 Å². The molecular formula is C11H11Cl2FN2. The van der Waals surface area contributed by atoms with E-state index in [1.807, 2.05) is 13.8 Å². The van der Waals surface area contributed by atoms with Crippen LogP contribution in [0.2, 0.25) is 5.02 Å². The topological polar surface area (TPSA) is 17.3 Å². The maximum Gasteiger partial charge on any atom is 0.156 e. The van der Waals surface area contributed by atoms with Gasteiger partial charge in [-0.25, -0.2) is 9.37 Å². The first kappa shape index (κ1) is 11.7. The zero-order valence-electron chi connectivity index (χ0n) is 8.97. The monoisotopic (exact) mass is 260 g/mol. The molecule has 5 heteroatoms. The first-order chi connectivity index (χ1) is 7.54. The number of hydrogen-bond acceptors (Lipinski definition) is 1. The van der Waals surface area contributed by atoms with Crippen LogP contribution < -0.4 is 0 Å². The van der Waals surface area contributed by atoms with E-state index in [4.69, 9.17) is 23.2 Å². The summed E-state index contributed by atoms with van der Waals surface area (Å²) in [6, 6.07) is 1.26. The molecule has 0 bridgehead atoms. The molecule has 0 radical (unpaired) electrons. The minimum Gasteiger partial charge on any atom is -0.298 e. The van der Waals surface area contributed by atoms with Crippen LogP contribution in [0.3, 0.4) is 0 Å². The van der Waals surface area contributed by atoms with Crippen molar-refractivity contribution in [2.24, 2.45) is 0 Å². The van der Waals surface area contributed by atoms with Crippen molar-refractivity contribution in [2.75, 3.05) is 0 Å². The molecule has 2 aromatic heterocycles. The van der Waals surface area contributed by atoms with Crippen LogP contribution in [0.15, 0.2) is 12.3 Å². The van der Waals surface area contributed by atoms with Gasteiger partial charge in [-0.3, -0.25) is 4.40 Å². The highest BCUT2D eigenvalue weighted by atomic mass is 35.5. The van der Waals surface area contributed by atoms with Crippen LogP contribution in [0, 0.1) is 5.82 Å². The van der Waals surface area contributed by atoms with Crippen LogP contribution in [0.5, 0.6) is 0 Å².